The first-order valence-electron chi connectivity index (χ1n) is 4.32. The molecular formula is C9H10F3NO2S. The highest BCUT2D eigenvalue weighted by Gasteiger charge is 2.31. The normalized spacial score (nSPS) is 13.6. The SMILES string of the molecule is COC(=O)C(N)Cc1cc(C(F)(F)F)cs1. The minimum atomic E-state index is -4.36. The highest BCUT2D eigenvalue weighted by atomic mass is 32.1. The number of rotatable bonds is 3. The quantitative estimate of drug-likeness (QED) is 0.836. The summed E-state index contributed by atoms with van der Waals surface area (Å²) in [6, 6.07) is 0.0673. The second kappa shape index (κ2) is 4.84. The van der Waals surface area contributed by atoms with E-state index in [0.29, 0.717) is 4.88 Å². The largest absolute Gasteiger partial charge is 0.468 e. The first-order chi connectivity index (χ1) is 7.34. The topological polar surface area (TPSA) is 52.3 Å². The maximum Gasteiger partial charge on any atom is 0.417 e. The summed E-state index contributed by atoms with van der Waals surface area (Å²) in [6.45, 7) is 0. The number of esters is 1. The molecule has 0 aliphatic carbocycles. The second-order valence-corrected chi connectivity index (χ2v) is 4.13. The van der Waals surface area contributed by atoms with Crippen molar-refractivity contribution in [1.29, 1.82) is 0 Å². The van der Waals surface area contributed by atoms with Crippen molar-refractivity contribution < 1.29 is 22.7 Å². The standard InChI is InChI=1S/C9H10F3NO2S/c1-15-8(14)7(13)3-6-2-5(4-16-6)9(10,11)12/h2,4,7H,3,13H2,1H3. The monoisotopic (exact) mass is 253 g/mol. The van der Waals surface area contributed by atoms with Crippen molar-refractivity contribution in [3.05, 3.63) is 21.9 Å². The highest BCUT2D eigenvalue weighted by Crippen LogP contribution is 2.32. The number of carbonyl (C=O) groups excluding carboxylic acids is 1. The van der Waals surface area contributed by atoms with Crippen LogP contribution in [0, 0.1) is 0 Å². The van der Waals surface area contributed by atoms with Crippen molar-refractivity contribution in [2.24, 2.45) is 5.73 Å². The third kappa shape index (κ3) is 3.21. The third-order valence-corrected chi connectivity index (χ3v) is 2.87. The van der Waals surface area contributed by atoms with E-state index in [4.69, 9.17) is 5.73 Å². The Morgan fingerprint density at radius 2 is 2.25 bits per heavy atom. The van der Waals surface area contributed by atoms with Crippen LogP contribution in [0.15, 0.2) is 11.4 Å². The zero-order valence-corrected chi connectivity index (χ0v) is 9.19. The molecule has 1 unspecified atom stereocenters. The third-order valence-electron chi connectivity index (χ3n) is 1.91. The lowest BCUT2D eigenvalue weighted by Crippen LogP contribution is -2.33. The van der Waals surface area contributed by atoms with Crippen LogP contribution in [0.25, 0.3) is 0 Å². The molecule has 0 saturated heterocycles. The molecule has 1 heterocycles. The van der Waals surface area contributed by atoms with Crippen molar-refractivity contribution in [1.82, 2.24) is 0 Å². The van der Waals surface area contributed by atoms with Gasteiger partial charge in [-0.3, -0.25) is 4.79 Å². The van der Waals surface area contributed by atoms with E-state index in [9.17, 15) is 18.0 Å². The van der Waals surface area contributed by atoms with Crippen LogP contribution >= 0.6 is 11.3 Å². The van der Waals surface area contributed by atoms with Gasteiger partial charge in [0.05, 0.1) is 12.7 Å². The lowest BCUT2D eigenvalue weighted by Gasteiger charge is -2.06. The van der Waals surface area contributed by atoms with Gasteiger partial charge in [0.1, 0.15) is 6.04 Å². The molecule has 1 aromatic heterocycles. The van der Waals surface area contributed by atoms with Crippen molar-refractivity contribution in [2.75, 3.05) is 7.11 Å². The Kier molecular flexibility index (Phi) is 3.93. The van der Waals surface area contributed by atoms with E-state index >= 15 is 0 Å². The summed E-state index contributed by atoms with van der Waals surface area (Å²) < 4.78 is 41.1. The maximum absolute atomic E-state index is 12.2. The molecule has 0 saturated carbocycles. The minimum Gasteiger partial charge on any atom is -0.468 e. The van der Waals surface area contributed by atoms with Crippen LogP contribution in [-0.2, 0) is 22.1 Å². The van der Waals surface area contributed by atoms with Crippen LogP contribution in [0.3, 0.4) is 0 Å². The first kappa shape index (κ1) is 13.0. The Bertz CT molecular complexity index is 375. The summed E-state index contributed by atoms with van der Waals surface area (Å²) >= 11 is 0.925. The number of halogens is 3. The van der Waals surface area contributed by atoms with E-state index in [2.05, 4.69) is 4.74 Å². The van der Waals surface area contributed by atoms with Gasteiger partial charge in [-0.15, -0.1) is 11.3 Å². The number of methoxy groups -OCH3 is 1. The second-order valence-electron chi connectivity index (χ2n) is 3.13. The number of carbonyl (C=O) groups is 1. The lowest BCUT2D eigenvalue weighted by atomic mass is 10.2. The molecule has 2 N–H and O–H groups in total. The first-order valence-corrected chi connectivity index (χ1v) is 5.20. The van der Waals surface area contributed by atoms with Crippen LogP contribution in [0.2, 0.25) is 0 Å². The van der Waals surface area contributed by atoms with Gasteiger partial charge >= 0.3 is 12.1 Å². The van der Waals surface area contributed by atoms with Gasteiger partial charge in [0.25, 0.3) is 0 Å². The number of thiophene rings is 1. The number of hydrogen-bond donors (Lipinski definition) is 1. The summed E-state index contributed by atoms with van der Waals surface area (Å²) in [6.07, 6.45) is -4.31. The smallest absolute Gasteiger partial charge is 0.417 e. The number of alkyl halides is 3. The number of nitrogens with two attached hydrogens (primary N) is 1. The fourth-order valence-electron chi connectivity index (χ4n) is 1.09. The van der Waals surface area contributed by atoms with Gasteiger partial charge in [-0.05, 0) is 6.07 Å². The summed E-state index contributed by atoms with van der Waals surface area (Å²) in [5.74, 6) is -0.637. The van der Waals surface area contributed by atoms with Crippen molar-refractivity contribution in [3.8, 4) is 0 Å². The lowest BCUT2D eigenvalue weighted by molar-refractivity contribution is -0.142. The summed E-state index contributed by atoms with van der Waals surface area (Å²) in [5.41, 5.74) is 4.71. The predicted octanol–water partition coefficient (Wildman–Crippen LogP) is 1.81. The van der Waals surface area contributed by atoms with E-state index in [-0.39, 0.29) is 6.42 Å². The molecule has 0 aromatic carbocycles. The van der Waals surface area contributed by atoms with Gasteiger partial charge in [0.2, 0.25) is 0 Å². The van der Waals surface area contributed by atoms with Crippen LogP contribution < -0.4 is 5.73 Å². The van der Waals surface area contributed by atoms with Crippen molar-refractivity contribution in [3.63, 3.8) is 0 Å². The van der Waals surface area contributed by atoms with Gasteiger partial charge in [0.15, 0.2) is 0 Å². The van der Waals surface area contributed by atoms with E-state index in [1.54, 1.807) is 0 Å². The molecule has 0 aliphatic rings. The Morgan fingerprint density at radius 1 is 1.62 bits per heavy atom. The van der Waals surface area contributed by atoms with Gasteiger partial charge in [0, 0.05) is 16.7 Å². The Hall–Kier alpha value is -1.08. The van der Waals surface area contributed by atoms with E-state index in [1.807, 2.05) is 0 Å². The fourth-order valence-corrected chi connectivity index (χ4v) is 2.04. The molecule has 90 valence electrons. The van der Waals surface area contributed by atoms with E-state index < -0.39 is 23.8 Å². The molecule has 0 amide bonds. The molecule has 1 rings (SSSR count). The summed E-state index contributed by atoms with van der Waals surface area (Å²) in [4.78, 5) is 11.4. The summed E-state index contributed by atoms with van der Waals surface area (Å²) in [7, 11) is 1.18. The minimum absolute atomic E-state index is 0.0490. The molecular weight excluding hydrogens is 243 g/mol. The molecule has 0 bridgehead atoms. The highest BCUT2D eigenvalue weighted by molar-refractivity contribution is 7.10. The predicted molar refractivity (Wildman–Crippen MR) is 53.0 cm³/mol. The molecule has 1 aromatic rings. The molecule has 16 heavy (non-hydrogen) atoms. The zero-order valence-electron chi connectivity index (χ0n) is 8.38. The molecule has 0 spiro atoms. The molecule has 0 aliphatic heterocycles. The van der Waals surface area contributed by atoms with Crippen LogP contribution in [0.4, 0.5) is 13.2 Å². The van der Waals surface area contributed by atoms with Crippen molar-refractivity contribution in [2.45, 2.75) is 18.6 Å². The van der Waals surface area contributed by atoms with E-state index in [0.717, 1.165) is 22.8 Å². The Balaban J connectivity index is 2.69. The molecule has 0 radical (unpaired) electrons. The van der Waals surface area contributed by atoms with Gasteiger partial charge in [-0.1, -0.05) is 0 Å². The maximum atomic E-state index is 12.2. The fraction of sp³-hybridized carbons (Fsp3) is 0.444. The van der Waals surface area contributed by atoms with Gasteiger partial charge < -0.3 is 10.5 Å². The summed E-state index contributed by atoms with van der Waals surface area (Å²) in [5, 5.41) is 0.999. The Morgan fingerprint density at radius 3 is 2.69 bits per heavy atom. The number of hydrogen-bond acceptors (Lipinski definition) is 4. The van der Waals surface area contributed by atoms with Crippen molar-refractivity contribution >= 4 is 17.3 Å². The molecule has 3 nitrogen and oxygen atoms in total. The van der Waals surface area contributed by atoms with Crippen LogP contribution in [0.5, 0.6) is 0 Å². The Labute approximate surface area is 94.0 Å². The average Bonchev–Trinajstić information content (AvgIpc) is 2.64. The molecule has 1 atom stereocenters. The molecule has 7 heteroatoms. The average molecular weight is 253 g/mol. The van der Waals surface area contributed by atoms with E-state index in [1.165, 1.54) is 7.11 Å². The van der Waals surface area contributed by atoms with Crippen LogP contribution in [0.1, 0.15) is 10.4 Å². The molecule has 0 fully saturated rings. The number of ether oxygens (including phenoxy) is 1. The van der Waals surface area contributed by atoms with Crippen LogP contribution in [-0.4, -0.2) is 19.1 Å². The zero-order chi connectivity index (χ0) is 12.3. The van der Waals surface area contributed by atoms with Gasteiger partial charge in [-0.2, -0.15) is 13.2 Å². The van der Waals surface area contributed by atoms with Gasteiger partial charge in [-0.25, -0.2) is 0 Å².